The second-order valence-electron chi connectivity index (χ2n) is 4.97. The average Bonchev–Trinajstić information content (AvgIpc) is 2.80. The van der Waals surface area contributed by atoms with Gasteiger partial charge >= 0.3 is 0 Å². The molecule has 4 heteroatoms. The number of carbonyl (C=O) groups is 1. The minimum absolute atomic E-state index is 0.0607. The van der Waals surface area contributed by atoms with E-state index in [2.05, 4.69) is 5.32 Å². The SMILES string of the molecule is O=C1CCNCC1Cc1cc(Cl)cc2c1OCC2. The molecular weight excluding hydrogens is 250 g/mol. The normalized spacial score (nSPS) is 22.7. The van der Waals surface area contributed by atoms with Crippen LogP contribution in [0.15, 0.2) is 12.1 Å². The third-order valence-electron chi connectivity index (χ3n) is 3.69. The first-order valence-electron chi connectivity index (χ1n) is 6.41. The van der Waals surface area contributed by atoms with Gasteiger partial charge in [-0.05, 0) is 29.7 Å². The zero-order chi connectivity index (χ0) is 12.5. The topological polar surface area (TPSA) is 38.3 Å². The zero-order valence-electron chi connectivity index (χ0n) is 10.2. The Kier molecular flexibility index (Phi) is 3.27. The maximum absolute atomic E-state index is 11.9. The Morgan fingerprint density at radius 2 is 2.28 bits per heavy atom. The Hall–Kier alpha value is -1.06. The number of fused-ring (bicyclic) bond motifs is 1. The second-order valence-corrected chi connectivity index (χ2v) is 5.41. The average molecular weight is 266 g/mol. The van der Waals surface area contributed by atoms with Gasteiger partial charge in [0, 0.05) is 36.9 Å². The highest BCUT2D eigenvalue weighted by Gasteiger charge is 2.25. The third kappa shape index (κ3) is 2.25. The van der Waals surface area contributed by atoms with Crippen molar-refractivity contribution in [1.29, 1.82) is 0 Å². The number of hydrogen-bond donors (Lipinski definition) is 1. The van der Waals surface area contributed by atoms with Gasteiger partial charge in [-0.2, -0.15) is 0 Å². The Morgan fingerprint density at radius 3 is 3.11 bits per heavy atom. The molecule has 1 saturated heterocycles. The summed E-state index contributed by atoms with van der Waals surface area (Å²) in [5, 5.41) is 4.01. The van der Waals surface area contributed by atoms with Crippen molar-refractivity contribution >= 4 is 17.4 Å². The Morgan fingerprint density at radius 1 is 1.39 bits per heavy atom. The predicted molar refractivity (Wildman–Crippen MR) is 70.3 cm³/mol. The molecule has 2 aliphatic rings. The van der Waals surface area contributed by atoms with Crippen molar-refractivity contribution in [3.05, 3.63) is 28.3 Å². The van der Waals surface area contributed by atoms with Crippen LogP contribution in [0.1, 0.15) is 17.5 Å². The lowest BCUT2D eigenvalue weighted by atomic mass is 9.90. The molecule has 1 aromatic carbocycles. The highest BCUT2D eigenvalue weighted by molar-refractivity contribution is 6.30. The van der Waals surface area contributed by atoms with E-state index in [-0.39, 0.29) is 5.92 Å². The largest absolute Gasteiger partial charge is 0.493 e. The number of rotatable bonds is 2. The molecule has 96 valence electrons. The lowest BCUT2D eigenvalue weighted by Crippen LogP contribution is -2.38. The Balaban J connectivity index is 1.86. The van der Waals surface area contributed by atoms with E-state index in [0.29, 0.717) is 12.2 Å². The van der Waals surface area contributed by atoms with Crippen molar-refractivity contribution in [2.24, 2.45) is 5.92 Å². The van der Waals surface area contributed by atoms with E-state index in [9.17, 15) is 4.79 Å². The molecule has 2 aliphatic heterocycles. The van der Waals surface area contributed by atoms with Gasteiger partial charge in [-0.15, -0.1) is 0 Å². The van der Waals surface area contributed by atoms with Gasteiger partial charge in [0.1, 0.15) is 11.5 Å². The molecule has 0 aliphatic carbocycles. The summed E-state index contributed by atoms with van der Waals surface area (Å²) in [5.74, 6) is 1.36. The van der Waals surface area contributed by atoms with Gasteiger partial charge in [-0.1, -0.05) is 11.6 Å². The van der Waals surface area contributed by atoms with E-state index in [0.717, 1.165) is 48.9 Å². The molecule has 3 rings (SSSR count). The number of halogens is 1. The van der Waals surface area contributed by atoms with Gasteiger partial charge in [0.05, 0.1) is 6.61 Å². The summed E-state index contributed by atoms with van der Waals surface area (Å²) >= 11 is 6.13. The fourth-order valence-corrected chi connectivity index (χ4v) is 3.02. The molecule has 1 fully saturated rings. The van der Waals surface area contributed by atoms with Crippen LogP contribution >= 0.6 is 11.6 Å². The number of ether oxygens (including phenoxy) is 1. The zero-order valence-corrected chi connectivity index (χ0v) is 10.9. The molecule has 0 radical (unpaired) electrons. The van der Waals surface area contributed by atoms with Crippen LogP contribution in [-0.2, 0) is 17.6 Å². The smallest absolute Gasteiger partial charge is 0.138 e. The van der Waals surface area contributed by atoms with E-state index >= 15 is 0 Å². The second kappa shape index (κ2) is 4.90. The van der Waals surface area contributed by atoms with E-state index in [4.69, 9.17) is 16.3 Å². The fraction of sp³-hybridized carbons (Fsp3) is 0.500. The molecule has 1 N–H and O–H groups in total. The van der Waals surface area contributed by atoms with Gasteiger partial charge in [0.2, 0.25) is 0 Å². The van der Waals surface area contributed by atoms with Gasteiger partial charge in [-0.25, -0.2) is 0 Å². The van der Waals surface area contributed by atoms with E-state index in [1.807, 2.05) is 12.1 Å². The van der Waals surface area contributed by atoms with Crippen LogP contribution in [0.3, 0.4) is 0 Å². The molecule has 0 amide bonds. The fourth-order valence-electron chi connectivity index (χ4n) is 2.75. The maximum atomic E-state index is 11.9. The molecule has 0 aromatic heterocycles. The monoisotopic (exact) mass is 265 g/mol. The summed E-state index contributed by atoms with van der Waals surface area (Å²) in [4.78, 5) is 11.9. The summed E-state index contributed by atoms with van der Waals surface area (Å²) < 4.78 is 5.67. The number of ketones is 1. The van der Waals surface area contributed by atoms with Crippen molar-refractivity contribution in [3.8, 4) is 5.75 Å². The summed E-state index contributed by atoms with van der Waals surface area (Å²) in [6, 6.07) is 3.90. The van der Waals surface area contributed by atoms with Gasteiger partial charge < -0.3 is 10.1 Å². The molecule has 18 heavy (non-hydrogen) atoms. The molecule has 1 aromatic rings. The summed E-state index contributed by atoms with van der Waals surface area (Å²) in [6.07, 6.45) is 2.28. The van der Waals surface area contributed by atoms with Crippen LogP contribution in [0.25, 0.3) is 0 Å². The molecule has 2 heterocycles. The third-order valence-corrected chi connectivity index (χ3v) is 3.90. The standard InChI is InChI=1S/C14H16ClNO2/c15-12-6-9-2-4-18-14(9)10(7-12)5-11-8-16-3-1-13(11)17/h6-7,11,16H,1-5,8H2. The van der Waals surface area contributed by atoms with Crippen LogP contribution in [0.4, 0.5) is 0 Å². The minimum atomic E-state index is 0.0607. The quantitative estimate of drug-likeness (QED) is 0.889. The first kappa shape index (κ1) is 12.0. The Labute approximate surface area is 111 Å². The van der Waals surface area contributed by atoms with E-state index < -0.39 is 0 Å². The van der Waals surface area contributed by atoms with Crippen LogP contribution < -0.4 is 10.1 Å². The number of carbonyl (C=O) groups excluding carboxylic acids is 1. The first-order chi connectivity index (χ1) is 8.74. The highest BCUT2D eigenvalue weighted by atomic mass is 35.5. The van der Waals surface area contributed by atoms with Crippen molar-refractivity contribution in [2.45, 2.75) is 19.3 Å². The molecular formula is C14H16ClNO2. The predicted octanol–water partition coefficient (Wildman–Crippen LogP) is 2.00. The van der Waals surface area contributed by atoms with Gasteiger partial charge in [-0.3, -0.25) is 4.79 Å². The molecule has 0 saturated carbocycles. The van der Waals surface area contributed by atoms with Crippen molar-refractivity contribution in [3.63, 3.8) is 0 Å². The Bertz CT molecular complexity index is 487. The van der Waals surface area contributed by atoms with E-state index in [1.165, 1.54) is 5.56 Å². The van der Waals surface area contributed by atoms with E-state index in [1.54, 1.807) is 0 Å². The summed E-state index contributed by atoms with van der Waals surface area (Å²) in [6.45, 7) is 2.29. The molecule has 1 unspecified atom stereocenters. The first-order valence-corrected chi connectivity index (χ1v) is 6.79. The van der Waals surface area contributed by atoms with Crippen molar-refractivity contribution < 1.29 is 9.53 Å². The van der Waals surface area contributed by atoms with Crippen molar-refractivity contribution in [1.82, 2.24) is 5.32 Å². The highest BCUT2D eigenvalue weighted by Crippen LogP contribution is 2.34. The lowest BCUT2D eigenvalue weighted by Gasteiger charge is -2.22. The van der Waals surface area contributed by atoms with Crippen LogP contribution in [0.2, 0.25) is 5.02 Å². The summed E-state index contributed by atoms with van der Waals surface area (Å²) in [5.41, 5.74) is 2.26. The number of piperidine rings is 1. The van der Waals surface area contributed by atoms with Gasteiger partial charge in [0.15, 0.2) is 0 Å². The summed E-state index contributed by atoms with van der Waals surface area (Å²) in [7, 11) is 0. The van der Waals surface area contributed by atoms with Crippen molar-refractivity contribution in [2.75, 3.05) is 19.7 Å². The lowest BCUT2D eigenvalue weighted by molar-refractivity contribution is -0.123. The number of benzene rings is 1. The van der Waals surface area contributed by atoms with Gasteiger partial charge in [0.25, 0.3) is 0 Å². The minimum Gasteiger partial charge on any atom is -0.493 e. The van der Waals surface area contributed by atoms with Crippen LogP contribution in [0, 0.1) is 5.92 Å². The maximum Gasteiger partial charge on any atom is 0.138 e. The number of nitrogens with one attached hydrogen (secondary N) is 1. The number of Topliss-reactive ketones (excluding diaryl/α,β-unsaturated/α-hetero) is 1. The molecule has 0 spiro atoms. The van der Waals surface area contributed by atoms with Crippen LogP contribution in [-0.4, -0.2) is 25.5 Å². The molecule has 1 atom stereocenters. The molecule has 0 bridgehead atoms. The molecule has 3 nitrogen and oxygen atoms in total. The number of hydrogen-bond acceptors (Lipinski definition) is 3. The van der Waals surface area contributed by atoms with Crippen LogP contribution in [0.5, 0.6) is 5.75 Å².